The lowest BCUT2D eigenvalue weighted by atomic mass is 10.0. The first kappa shape index (κ1) is 25.4. The van der Waals surface area contributed by atoms with Gasteiger partial charge in [0.1, 0.15) is 0 Å². The number of hydrogen-bond acceptors (Lipinski definition) is 4. The number of amides is 1. The minimum Gasteiger partial charge on any atom is -0.393 e. The first-order valence-corrected chi connectivity index (χ1v) is 10.7. The van der Waals surface area contributed by atoms with Crippen molar-refractivity contribution in [2.24, 2.45) is 10.9 Å². The third kappa shape index (κ3) is 8.82. The average molecular weight is 509 g/mol. The number of aliphatic hydroxyl groups excluding tert-OH is 1. The molecule has 164 valence electrons. The molecule has 0 atom stereocenters. The summed E-state index contributed by atoms with van der Waals surface area (Å²) in [7, 11) is 0. The second-order valence-electron chi connectivity index (χ2n) is 8.09. The van der Waals surface area contributed by atoms with Crippen LogP contribution in [0.15, 0.2) is 4.99 Å². The Balaban J connectivity index is 0.00000392. The smallest absolute Gasteiger partial charge is 0.225 e. The normalized spacial score (nSPS) is 20.2. The number of likely N-dealkylation sites (tertiary alicyclic amines) is 2. The summed E-state index contributed by atoms with van der Waals surface area (Å²) in [6, 6.07) is 0.377. The minimum atomic E-state index is -0.105. The lowest BCUT2D eigenvalue weighted by Gasteiger charge is -2.34. The molecule has 0 aliphatic carbocycles. The number of nitrogens with one attached hydrogen (secondary N) is 2. The van der Waals surface area contributed by atoms with E-state index in [0.29, 0.717) is 6.04 Å². The Kier molecular flexibility index (Phi) is 12.3. The van der Waals surface area contributed by atoms with E-state index in [1.54, 1.807) is 0 Å². The number of guanidine groups is 1. The lowest BCUT2D eigenvalue weighted by Crippen LogP contribution is -2.50. The summed E-state index contributed by atoms with van der Waals surface area (Å²) in [4.78, 5) is 21.2. The van der Waals surface area contributed by atoms with Gasteiger partial charge in [-0.05, 0) is 45.6 Å². The van der Waals surface area contributed by atoms with Gasteiger partial charge >= 0.3 is 0 Å². The molecule has 2 fully saturated rings. The highest BCUT2D eigenvalue weighted by Crippen LogP contribution is 2.13. The second kappa shape index (κ2) is 13.6. The summed E-state index contributed by atoms with van der Waals surface area (Å²) >= 11 is 0. The second-order valence-corrected chi connectivity index (χ2v) is 8.09. The number of aliphatic imine (C=N–C) groups is 1. The van der Waals surface area contributed by atoms with E-state index in [4.69, 9.17) is 4.99 Å². The van der Waals surface area contributed by atoms with Crippen molar-refractivity contribution in [3.05, 3.63) is 0 Å². The van der Waals surface area contributed by atoms with Gasteiger partial charge in [0.15, 0.2) is 5.96 Å². The molecule has 0 unspecified atom stereocenters. The summed E-state index contributed by atoms with van der Waals surface area (Å²) in [5, 5.41) is 16.5. The highest BCUT2D eigenvalue weighted by molar-refractivity contribution is 14.0. The standard InChI is InChI=1S/C20H39N5O2.HI/c1-4-21-20(22-10-5-11-24-12-8-18(26)9-13-24)23-17-6-14-25(15-7-17)19(27)16(2)3;/h16-18,26H,4-15H2,1-3H3,(H2,21,22,23);1H. The molecule has 0 aromatic rings. The Morgan fingerprint density at radius 3 is 2.36 bits per heavy atom. The van der Waals surface area contributed by atoms with Crippen LogP contribution < -0.4 is 10.6 Å². The van der Waals surface area contributed by atoms with E-state index in [1.165, 1.54) is 0 Å². The van der Waals surface area contributed by atoms with Gasteiger partial charge in [-0.25, -0.2) is 0 Å². The molecular formula is C20H40IN5O2. The van der Waals surface area contributed by atoms with E-state index in [-0.39, 0.29) is 41.9 Å². The monoisotopic (exact) mass is 509 g/mol. The molecule has 0 radical (unpaired) electrons. The highest BCUT2D eigenvalue weighted by Gasteiger charge is 2.24. The Labute approximate surface area is 187 Å². The van der Waals surface area contributed by atoms with E-state index in [1.807, 2.05) is 18.7 Å². The van der Waals surface area contributed by atoms with Crippen LogP contribution in [-0.2, 0) is 4.79 Å². The number of halogens is 1. The van der Waals surface area contributed by atoms with Crippen molar-refractivity contribution in [1.29, 1.82) is 0 Å². The van der Waals surface area contributed by atoms with Gasteiger partial charge in [-0.3, -0.25) is 9.79 Å². The first-order chi connectivity index (χ1) is 13.0. The van der Waals surface area contributed by atoms with Gasteiger partial charge in [0.25, 0.3) is 0 Å². The van der Waals surface area contributed by atoms with Gasteiger partial charge in [-0.1, -0.05) is 13.8 Å². The highest BCUT2D eigenvalue weighted by atomic mass is 127. The van der Waals surface area contributed by atoms with Crippen molar-refractivity contribution < 1.29 is 9.90 Å². The van der Waals surface area contributed by atoms with E-state index < -0.39 is 0 Å². The average Bonchev–Trinajstić information content (AvgIpc) is 2.66. The van der Waals surface area contributed by atoms with Gasteiger partial charge in [0, 0.05) is 51.2 Å². The van der Waals surface area contributed by atoms with Gasteiger partial charge in [-0.15, -0.1) is 24.0 Å². The molecule has 2 rings (SSSR count). The van der Waals surface area contributed by atoms with Crippen LogP contribution in [0.1, 0.15) is 52.9 Å². The predicted molar refractivity (Wildman–Crippen MR) is 125 cm³/mol. The van der Waals surface area contributed by atoms with Gasteiger partial charge in [-0.2, -0.15) is 0 Å². The van der Waals surface area contributed by atoms with Crippen LogP contribution in [0.2, 0.25) is 0 Å². The van der Waals surface area contributed by atoms with Crippen LogP contribution in [0.3, 0.4) is 0 Å². The van der Waals surface area contributed by atoms with Crippen LogP contribution in [-0.4, -0.2) is 84.7 Å². The molecule has 0 spiro atoms. The van der Waals surface area contributed by atoms with Crippen LogP contribution in [0, 0.1) is 5.92 Å². The molecule has 3 N–H and O–H groups in total. The fourth-order valence-corrected chi connectivity index (χ4v) is 3.75. The number of carbonyl (C=O) groups is 1. The summed E-state index contributed by atoms with van der Waals surface area (Å²) in [5.41, 5.74) is 0. The summed E-state index contributed by atoms with van der Waals surface area (Å²) in [6.45, 7) is 12.4. The number of hydrogen-bond donors (Lipinski definition) is 3. The zero-order chi connectivity index (χ0) is 19.6. The maximum atomic E-state index is 12.1. The number of carbonyl (C=O) groups excluding carboxylic acids is 1. The Bertz CT molecular complexity index is 473. The van der Waals surface area contributed by atoms with Gasteiger partial charge < -0.3 is 25.5 Å². The Morgan fingerprint density at radius 1 is 1.14 bits per heavy atom. The van der Waals surface area contributed by atoms with Crippen molar-refractivity contribution in [2.45, 2.75) is 65.0 Å². The van der Waals surface area contributed by atoms with Crippen LogP contribution in [0.4, 0.5) is 0 Å². The molecule has 28 heavy (non-hydrogen) atoms. The molecule has 2 saturated heterocycles. The van der Waals surface area contributed by atoms with Crippen LogP contribution >= 0.6 is 24.0 Å². The van der Waals surface area contributed by atoms with Crippen molar-refractivity contribution in [2.75, 3.05) is 45.8 Å². The maximum absolute atomic E-state index is 12.1. The van der Waals surface area contributed by atoms with Crippen molar-refractivity contribution in [1.82, 2.24) is 20.4 Å². The molecule has 8 heteroatoms. The number of piperidine rings is 2. The van der Waals surface area contributed by atoms with Crippen LogP contribution in [0.5, 0.6) is 0 Å². The van der Waals surface area contributed by atoms with Crippen molar-refractivity contribution in [3.63, 3.8) is 0 Å². The summed E-state index contributed by atoms with van der Waals surface area (Å²) in [5.74, 6) is 1.23. The largest absolute Gasteiger partial charge is 0.393 e. The minimum absolute atomic E-state index is 0. The Morgan fingerprint density at radius 2 is 1.79 bits per heavy atom. The fraction of sp³-hybridized carbons (Fsp3) is 0.900. The molecule has 0 aromatic heterocycles. The maximum Gasteiger partial charge on any atom is 0.225 e. The van der Waals surface area contributed by atoms with Crippen LogP contribution in [0.25, 0.3) is 0 Å². The number of nitrogens with zero attached hydrogens (tertiary/aromatic N) is 3. The van der Waals surface area contributed by atoms with E-state index in [2.05, 4.69) is 22.5 Å². The molecule has 0 saturated carbocycles. The summed E-state index contributed by atoms with van der Waals surface area (Å²) in [6.07, 6.45) is 4.66. The molecule has 0 aromatic carbocycles. The summed E-state index contributed by atoms with van der Waals surface area (Å²) < 4.78 is 0. The third-order valence-electron chi connectivity index (χ3n) is 5.45. The molecule has 2 heterocycles. The lowest BCUT2D eigenvalue weighted by molar-refractivity contribution is -0.135. The Hall–Kier alpha value is -0.610. The number of aliphatic hydroxyl groups is 1. The predicted octanol–water partition coefficient (Wildman–Crippen LogP) is 1.65. The van der Waals surface area contributed by atoms with Gasteiger partial charge in [0.2, 0.25) is 5.91 Å². The molecule has 1 amide bonds. The van der Waals surface area contributed by atoms with E-state index in [0.717, 1.165) is 83.9 Å². The van der Waals surface area contributed by atoms with E-state index >= 15 is 0 Å². The van der Waals surface area contributed by atoms with Crippen molar-refractivity contribution in [3.8, 4) is 0 Å². The molecular weight excluding hydrogens is 469 g/mol. The fourth-order valence-electron chi connectivity index (χ4n) is 3.75. The SMILES string of the molecule is CCNC(=NCCCN1CCC(O)CC1)NC1CCN(C(=O)C(C)C)CC1.I. The van der Waals surface area contributed by atoms with Gasteiger partial charge in [0.05, 0.1) is 6.10 Å². The van der Waals surface area contributed by atoms with E-state index in [9.17, 15) is 9.90 Å². The zero-order valence-corrected chi connectivity index (χ0v) is 20.2. The molecule has 2 aliphatic rings. The topological polar surface area (TPSA) is 80.2 Å². The molecule has 7 nitrogen and oxygen atoms in total. The number of rotatable bonds is 7. The molecule has 2 aliphatic heterocycles. The quantitative estimate of drug-likeness (QED) is 0.211. The zero-order valence-electron chi connectivity index (χ0n) is 17.8. The third-order valence-corrected chi connectivity index (χ3v) is 5.45. The first-order valence-electron chi connectivity index (χ1n) is 10.7. The van der Waals surface area contributed by atoms with Crippen molar-refractivity contribution >= 4 is 35.8 Å². The molecule has 0 bridgehead atoms.